The maximum absolute atomic E-state index is 12.2. The Kier molecular flexibility index (Phi) is 6.37. The molecule has 5 nitrogen and oxygen atoms in total. The molecule has 4 N–H and O–H groups in total. The van der Waals surface area contributed by atoms with Crippen LogP contribution in [0.15, 0.2) is 24.3 Å². The van der Waals surface area contributed by atoms with Crippen molar-refractivity contribution in [2.45, 2.75) is 64.5 Å². The van der Waals surface area contributed by atoms with Gasteiger partial charge >= 0.3 is 0 Å². The van der Waals surface area contributed by atoms with Gasteiger partial charge in [-0.15, -0.1) is 0 Å². The van der Waals surface area contributed by atoms with Crippen LogP contribution in [-0.4, -0.2) is 17.4 Å². The average Bonchev–Trinajstić information content (AvgIpc) is 3.07. The Bertz CT molecular complexity index is 578. The monoisotopic (exact) mass is 331 g/mol. The number of hydrogen-bond donors (Lipinski definition) is 3. The molecule has 0 saturated heterocycles. The summed E-state index contributed by atoms with van der Waals surface area (Å²) in [6.07, 6.45) is 5.75. The number of rotatable bonds is 7. The number of carbonyl (C=O) groups is 2. The Hall–Kier alpha value is -1.88. The summed E-state index contributed by atoms with van der Waals surface area (Å²) >= 11 is 0. The Balaban J connectivity index is 1.90. The molecule has 2 rings (SSSR count). The minimum absolute atomic E-state index is 0.103. The normalized spacial score (nSPS) is 17.3. The topological polar surface area (TPSA) is 84.2 Å². The number of benzene rings is 1. The fraction of sp³-hybridized carbons (Fsp3) is 0.579. The van der Waals surface area contributed by atoms with Crippen molar-refractivity contribution >= 4 is 17.5 Å². The van der Waals surface area contributed by atoms with Crippen molar-refractivity contribution in [3.8, 4) is 0 Å². The summed E-state index contributed by atoms with van der Waals surface area (Å²) in [5, 5.41) is 5.87. The molecule has 1 aliphatic rings. The van der Waals surface area contributed by atoms with Crippen molar-refractivity contribution < 1.29 is 9.59 Å². The van der Waals surface area contributed by atoms with Crippen molar-refractivity contribution in [2.24, 2.45) is 11.7 Å². The Morgan fingerprint density at radius 1 is 1.29 bits per heavy atom. The summed E-state index contributed by atoms with van der Waals surface area (Å²) in [7, 11) is 0. The van der Waals surface area contributed by atoms with Crippen LogP contribution in [0, 0.1) is 5.92 Å². The Morgan fingerprint density at radius 2 is 2.00 bits per heavy atom. The SMILES string of the molecule is CCCC(C)(N)C(=O)NCc1cccc(NC(=O)C2CCCC2)c1. The highest BCUT2D eigenvalue weighted by atomic mass is 16.2. The Labute approximate surface area is 144 Å². The molecule has 1 fully saturated rings. The van der Waals surface area contributed by atoms with Gasteiger partial charge in [-0.1, -0.05) is 38.3 Å². The lowest BCUT2D eigenvalue weighted by Gasteiger charge is -2.22. The first-order chi connectivity index (χ1) is 11.4. The largest absolute Gasteiger partial charge is 0.350 e. The summed E-state index contributed by atoms with van der Waals surface area (Å²) in [6, 6.07) is 7.60. The van der Waals surface area contributed by atoms with Crippen molar-refractivity contribution in [2.75, 3.05) is 5.32 Å². The Morgan fingerprint density at radius 3 is 2.67 bits per heavy atom. The van der Waals surface area contributed by atoms with E-state index >= 15 is 0 Å². The predicted molar refractivity (Wildman–Crippen MR) is 96.4 cm³/mol. The number of nitrogens with one attached hydrogen (secondary N) is 2. The van der Waals surface area contributed by atoms with E-state index in [9.17, 15) is 9.59 Å². The van der Waals surface area contributed by atoms with Gasteiger partial charge < -0.3 is 16.4 Å². The average molecular weight is 331 g/mol. The molecule has 5 heteroatoms. The molecule has 132 valence electrons. The zero-order valence-corrected chi connectivity index (χ0v) is 14.7. The molecule has 1 unspecified atom stereocenters. The quantitative estimate of drug-likeness (QED) is 0.718. The van der Waals surface area contributed by atoms with Crippen LogP contribution in [0.1, 0.15) is 57.9 Å². The second-order valence-corrected chi connectivity index (χ2v) is 7.02. The highest BCUT2D eigenvalue weighted by molar-refractivity contribution is 5.92. The van der Waals surface area contributed by atoms with Crippen LogP contribution in [0.25, 0.3) is 0 Å². The molecule has 24 heavy (non-hydrogen) atoms. The third-order valence-electron chi connectivity index (χ3n) is 4.66. The summed E-state index contributed by atoms with van der Waals surface area (Å²) < 4.78 is 0. The molecule has 1 atom stereocenters. The smallest absolute Gasteiger partial charge is 0.240 e. The minimum Gasteiger partial charge on any atom is -0.350 e. The van der Waals surface area contributed by atoms with Crippen LogP contribution in [0.4, 0.5) is 5.69 Å². The van der Waals surface area contributed by atoms with Gasteiger partial charge in [0.05, 0.1) is 5.54 Å². The van der Waals surface area contributed by atoms with Crippen LogP contribution in [0.3, 0.4) is 0 Å². The van der Waals surface area contributed by atoms with Crippen LogP contribution in [0.2, 0.25) is 0 Å². The zero-order valence-electron chi connectivity index (χ0n) is 14.7. The molecule has 1 aliphatic carbocycles. The van der Waals surface area contributed by atoms with Crippen LogP contribution in [0.5, 0.6) is 0 Å². The van der Waals surface area contributed by atoms with Crippen LogP contribution < -0.4 is 16.4 Å². The molecule has 0 heterocycles. The molecule has 0 bridgehead atoms. The van der Waals surface area contributed by atoms with Gasteiger partial charge in [-0.2, -0.15) is 0 Å². The number of hydrogen-bond acceptors (Lipinski definition) is 3. The summed E-state index contributed by atoms with van der Waals surface area (Å²) in [4.78, 5) is 24.4. The first-order valence-electron chi connectivity index (χ1n) is 8.89. The summed E-state index contributed by atoms with van der Waals surface area (Å²) in [5.74, 6) is 0.0938. The molecular formula is C19H29N3O2. The van der Waals surface area contributed by atoms with Crippen LogP contribution >= 0.6 is 0 Å². The maximum Gasteiger partial charge on any atom is 0.240 e. The number of amides is 2. The standard InChI is InChI=1S/C19H29N3O2/c1-3-11-19(2,20)18(24)21-13-14-7-6-10-16(12-14)22-17(23)15-8-4-5-9-15/h6-7,10,12,15H,3-5,8-9,11,13,20H2,1-2H3,(H,21,24)(H,22,23). The van der Waals surface area contributed by atoms with Gasteiger partial charge in [0, 0.05) is 18.2 Å². The minimum atomic E-state index is -0.844. The van der Waals surface area contributed by atoms with Gasteiger partial charge in [-0.3, -0.25) is 9.59 Å². The van der Waals surface area contributed by atoms with Crippen molar-refractivity contribution in [3.63, 3.8) is 0 Å². The highest BCUT2D eigenvalue weighted by Gasteiger charge is 2.26. The van der Waals surface area contributed by atoms with E-state index in [0.717, 1.165) is 43.4 Å². The van der Waals surface area contributed by atoms with Gasteiger partial charge in [-0.25, -0.2) is 0 Å². The molecule has 2 amide bonds. The van der Waals surface area contributed by atoms with Gasteiger partial charge in [0.2, 0.25) is 11.8 Å². The third-order valence-corrected chi connectivity index (χ3v) is 4.66. The van der Waals surface area contributed by atoms with Gasteiger partial charge in [-0.05, 0) is 43.9 Å². The molecular weight excluding hydrogens is 302 g/mol. The van der Waals surface area contributed by atoms with Gasteiger partial charge in [0.1, 0.15) is 0 Å². The van der Waals surface area contributed by atoms with E-state index in [4.69, 9.17) is 5.73 Å². The highest BCUT2D eigenvalue weighted by Crippen LogP contribution is 2.26. The van der Waals surface area contributed by atoms with Gasteiger partial charge in [0.15, 0.2) is 0 Å². The fourth-order valence-electron chi connectivity index (χ4n) is 3.21. The lowest BCUT2D eigenvalue weighted by molar-refractivity contribution is -0.126. The zero-order chi connectivity index (χ0) is 17.6. The first-order valence-corrected chi connectivity index (χ1v) is 8.89. The molecule has 1 aromatic carbocycles. The number of carbonyl (C=O) groups excluding carboxylic acids is 2. The van der Waals surface area contributed by atoms with E-state index in [0.29, 0.717) is 13.0 Å². The third kappa shape index (κ3) is 5.06. The van der Waals surface area contributed by atoms with E-state index in [-0.39, 0.29) is 17.7 Å². The molecule has 0 spiro atoms. The number of anilines is 1. The second kappa shape index (κ2) is 8.29. The molecule has 0 aromatic heterocycles. The first kappa shape index (κ1) is 18.5. The van der Waals surface area contributed by atoms with Crippen molar-refractivity contribution in [1.82, 2.24) is 5.32 Å². The van der Waals surface area contributed by atoms with Gasteiger partial charge in [0.25, 0.3) is 0 Å². The lowest BCUT2D eigenvalue weighted by Crippen LogP contribution is -2.51. The lowest BCUT2D eigenvalue weighted by atomic mass is 9.96. The van der Waals surface area contributed by atoms with Crippen LogP contribution in [-0.2, 0) is 16.1 Å². The number of nitrogens with two attached hydrogens (primary N) is 1. The summed E-state index contributed by atoms with van der Waals surface area (Å²) in [6.45, 7) is 4.17. The van der Waals surface area contributed by atoms with Crippen molar-refractivity contribution in [1.29, 1.82) is 0 Å². The summed E-state index contributed by atoms with van der Waals surface area (Å²) in [5.41, 5.74) is 6.91. The predicted octanol–water partition coefficient (Wildman–Crippen LogP) is 2.95. The second-order valence-electron chi connectivity index (χ2n) is 7.02. The van der Waals surface area contributed by atoms with Crippen molar-refractivity contribution in [3.05, 3.63) is 29.8 Å². The maximum atomic E-state index is 12.2. The molecule has 1 saturated carbocycles. The van der Waals surface area contributed by atoms with E-state index < -0.39 is 5.54 Å². The molecule has 1 aromatic rings. The van der Waals surface area contributed by atoms with E-state index in [2.05, 4.69) is 10.6 Å². The molecule has 0 radical (unpaired) electrons. The molecule has 0 aliphatic heterocycles. The van der Waals surface area contributed by atoms with E-state index in [1.165, 1.54) is 0 Å². The fourth-order valence-corrected chi connectivity index (χ4v) is 3.21. The van der Waals surface area contributed by atoms with E-state index in [1.54, 1.807) is 6.92 Å². The van der Waals surface area contributed by atoms with E-state index in [1.807, 2.05) is 31.2 Å².